The lowest BCUT2D eigenvalue weighted by atomic mass is 10.0. The number of benzene rings is 2. The van der Waals surface area contributed by atoms with Gasteiger partial charge in [0.1, 0.15) is 12.6 Å². The van der Waals surface area contributed by atoms with Crippen molar-refractivity contribution in [2.24, 2.45) is 0 Å². The normalized spacial score (nSPS) is 12.4. The van der Waals surface area contributed by atoms with E-state index in [0.29, 0.717) is 0 Å². The van der Waals surface area contributed by atoms with Crippen LogP contribution in [0.4, 0.5) is 4.79 Å². The molecule has 3 N–H and O–H groups in total. The predicted octanol–water partition coefficient (Wildman–Crippen LogP) is 1.87. The maximum absolute atomic E-state index is 12.3. The quantitative estimate of drug-likeness (QED) is 0.498. The lowest BCUT2D eigenvalue weighted by molar-refractivity contribution is -0.145. The predicted molar refractivity (Wildman–Crippen MR) is 114 cm³/mol. The summed E-state index contributed by atoms with van der Waals surface area (Å²) in [6.45, 7) is 1.85. The number of rotatable bonds is 10. The minimum absolute atomic E-state index is 0.100. The van der Waals surface area contributed by atoms with E-state index in [1.54, 1.807) is 0 Å². The molecular weight excluding hydrogens is 400 g/mol. The number of amides is 2. The van der Waals surface area contributed by atoms with E-state index in [9.17, 15) is 19.5 Å². The molecule has 0 saturated carbocycles. The minimum Gasteiger partial charge on any atom is -0.467 e. The third-order valence-electron chi connectivity index (χ3n) is 4.62. The average molecular weight is 428 g/mol. The van der Waals surface area contributed by atoms with E-state index in [1.807, 2.05) is 61.5 Å². The highest BCUT2D eigenvalue weighted by molar-refractivity contribution is 5.85. The molecule has 2 rings (SSSR count). The van der Waals surface area contributed by atoms with E-state index in [1.165, 1.54) is 7.11 Å². The van der Waals surface area contributed by atoms with Gasteiger partial charge in [-0.3, -0.25) is 4.79 Å². The number of aliphatic hydroxyl groups is 1. The number of ether oxygens (including phenoxy) is 2. The van der Waals surface area contributed by atoms with Gasteiger partial charge in [-0.1, -0.05) is 54.6 Å². The van der Waals surface area contributed by atoms with Crippen LogP contribution in [0.2, 0.25) is 0 Å². The number of esters is 1. The van der Waals surface area contributed by atoms with Gasteiger partial charge in [0.2, 0.25) is 5.91 Å². The molecule has 0 radical (unpaired) electrons. The Morgan fingerprint density at radius 1 is 1.03 bits per heavy atom. The Balaban J connectivity index is 1.78. The smallest absolute Gasteiger partial charge is 0.407 e. The number of nitrogens with one attached hydrogen (secondary N) is 2. The molecule has 0 fully saturated rings. The molecule has 2 amide bonds. The zero-order valence-electron chi connectivity index (χ0n) is 17.7. The van der Waals surface area contributed by atoms with Crippen molar-refractivity contribution < 1.29 is 29.0 Å². The van der Waals surface area contributed by atoms with E-state index in [2.05, 4.69) is 10.6 Å². The largest absolute Gasteiger partial charge is 0.467 e. The number of alkyl carbamates (subject to hydrolysis) is 1. The van der Waals surface area contributed by atoms with Crippen LogP contribution < -0.4 is 10.6 Å². The third-order valence-corrected chi connectivity index (χ3v) is 4.62. The summed E-state index contributed by atoms with van der Waals surface area (Å²) in [5, 5.41) is 15.0. The van der Waals surface area contributed by atoms with Gasteiger partial charge in [-0.15, -0.1) is 0 Å². The van der Waals surface area contributed by atoms with Crippen molar-refractivity contribution >= 4 is 18.0 Å². The molecule has 2 atom stereocenters. The summed E-state index contributed by atoms with van der Waals surface area (Å²) in [7, 11) is 1.25. The molecule has 2 aromatic carbocycles. The second-order valence-corrected chi connectivity index (χ2v) is 7.07. The molecule has 0 aromatic heterocycles. The van der Waals surface area contributed by atoms with E-state index >= 15 is 0 Å². The van der Waals surface area contributed by atoms with Crippen LogP contribution in [0.15, 0.2) is 54.6 Å². The summed E-state index contributed by atoms with van der Waals surface area (Å²) in [5.74, 6) is -1.11. The zero-order valence-corrected chi connectivity index (χ0v) is 17.7. The molecule has 0 unspecified atom stereocenters. The van der Waals surface area contributed by atoms with Gasteiger partial charge in [-0.05, 0) is 23.6 Å². The second kappa shape index (κ2) is 12.3. The van der Waals surface area contributed by atoms with Crippen LogP contribution in [-0.4, -0.2) is 48.9 Å². The Kier molecular flexibility index (Phi) is 9.51. The maximum Gasteiger partial charge on any atom is 0.407 e. The Morgan fingerprint density at radius 3 is 2.39 bits per heavy atom. The first-order valence-corrected chi connectivity index (χ1v) is 9.93. The summed E-state index contributed by atoms with van der Waals surface area (Å²) in [5.41, 5.74) is 2.73. The zero-order chi connectivity index (χ0) is 22.6. The van der Waals surface area contributed by atoms with Crippen LogP contribution in [0.3, 0.4) is 0 Å². The number of carbonyl (C=O) groups is 3. The molecule has 31 heavy (non-hydrogen) atoms. The Hall–Kier alpha value is -3.39. The lowest BCUT2D eigenvalue weighted by Gasteiger charge is -2.19. The summed E-state index contributed by atoms with van der Waals surface area (Å²) in [4.78, 5) is 36.1. The van der Waals surface area contributed by atoms with Crippen molar-refractivity contribution in [3.05, 3.63) is 71.3 Å². The lowest BCUT2D eigenvalue weighted by Crippen LogP contribution is -2.45. The van der Waals surface area contributed by atoms with Crippen molar-refractivity contribution in [2.45, 2.75) is 38.5 Å². The van der Waals surface area contributed by atoms with Crippen molar-refractivity contribution in [1.82, 2.24) is 10.6 Å². The van der Waals surface area contributed by atoms with E-state index in [-0.39, 0.29) is 26.0 Å². The molecule has 0 aliphatic heterocycles. The van der Waals surface area contributed by atoms with Crippen LogP contribution in [0.1, 0.15) is 23.1 Å². The molecule has 2 aromatic rings. The first kappa shape index (κ1) is 23.9. The average Bonchev–Trinajstić information content (AvgIpc) is 2.77. The van der Waals surface area contributed by atoms with E-state index < -0.39 is 30.1 Å². The van der Waals surface area contributed by atoms with Crippen molar-refractivity contribution in [3.63, 3.8) is 0 Å². The molecule has 8 heteroatoms. The van der Waals surface area contributed by atoms with Crippen molar-refractivity contribution in [2.75, 3.05) is 13.7 Å². The fraction of sp³-hybridized carbons (Fsp3) is 0.348. The van der Waals surface area contributed by atoms with Gasteiger partial charge in [-0.2, -0.15) is 0 Å². The maximum atomic E-state index is 12.3. The van der Waals surface area contributed by atoms with Crippen molar-refractivity contribution in [1.29, 1.82) is 0 Å². The summed E-state index contributed by atoms with van der Waals surface area (Å²) >= 11 is 0. The van der Waals surface area contributed by atoms with Crippen LogP contribution in [0.25, 0.3) is 0 Å². The molecule has 166 valence electrons. The SMILES string of the molecule is COC(=O)[C@@H](Cc1ccccc1C)NC(=O)C[C@@H](O)CNC(=O)OCc1ccccc1. The molecule has 0 aliphatic rings. The van der Waals surface area contributed by atoms with Crippen LogP contribution in [0, 0.1) is 6.92 Å². The number of aliphatic hydroxyl groups excluding tert-OH is 1. The number of methoxy groups -OCH3 is 1. The topological polar surface area (TPSA) is 114 Å². The first-order chi connectivity index (χ1) is 14.9. The Labute approximate surface area is 181 Å². The highest BCUT2D eigenvalue weighted by atomic mass is 16.5. The Bertz CT molecular complexity index is 871. The van der Waals surface area contributed by atoms with Gasteiger partial charge >= 0.3 is 12.1 Å². The highest BCUT2D eigenvalue weighted by Gasteiger charge is 2.24. The van der Waals surface area contributed by atoms with Crippen molar-refractivity contribution in [3.8, 4) is 0 Å². The highest BCUT2D eigenvalue weighted by Crippen LogP contribution is 2.11. The van der Waals surface area contributed by atoms with Gasteiger partial charge in [0, 0.05) is 13.0 Å². The molecule has 0 spiro atoms. The molecular formula is C23H28N2O6. The summed E-state index contributed by atoms with van der Waals surface area (Å²) in [6, 6.07) is 15.8. The molecule has 0 saturated heterocycles. The summed E-state index contributed by atoms with van der Waals surface area (Å²) in [6.07, 6.45) is -1.86. The van der Waals surface area contributed by atoms with E-state index in [0.717, 1.165) is 16.7 Å². The van der Waals surface area contributed by atoms with Gasteiger partial charge < -0.3 is 25.2 Å². The molecule has 0 heterocycles. The molecule has 0 bridgehead atoms. The van der Waals surface area contributed by atoms with Crippen LogP contribution in [0.5, 0.6) is 0 Å². The van der Waals surface area contributed by atoms with Crippen LogP contribution >= 0.6 is 0 Å². The monoisotopic (exact) mass is 428 g/mol. The number of aryl methyl sites for hydroxylation is 1. The standard InChI is InChI=1S/C23H28N2O6/c1-16-8-6-7-11-18(16)12-20(22(28)30-2)25-21(27)13-19(26)14-24-23(29)31-15-17-9-4-3-5-10-17/h3-11,19-20,26H,12-15H2,1-2H3,(H,24,29)(H,25,27)/t19-,20-/m1/s1. The van der Waals surface area contributed by atoms with Crippen LogP contribution in [-0.2, 0) is 32.1 Å². The first-order valence-electron chi connectivity index (χ1n) is 9.93. The fourth-order valence-corrected chi connectivity index (χ4v) is 2.91. The van der Waals surface area contributed by atoms with Gasteiger partial charge in [-0.25, -0.2) is 9.59 Å². The molecule has 0 aliphatic carbocycles. The number of hydrogen-bond donors (Lipinski definition) is 3. The summed E-state index contributed by atoms with van der Waals surface area (Å²) < 4.78 is 9.83. The third kappa shape index (κ3) is 8.47. The van der Waals surface area contributed by atoms with Gasteiger partial charge in [0.25, 0.3) is 0 Å². The van der Waals surface area contributed by atoms with Gasteiger partial charge in [0.15, 0.2) is 0 Å². The second-order valence-electron chi connectivity index (χ2n) is 7.07. The molecule has 8 nitrogen and oxygen atoms in total. The van der Waals surface area contributed by atoms with Gasteiger partial charge in [0.05, 0.1) is 19.6 Å². The minimum atomic E-state index is -1.14. The Morgan fingerprint density at radius 2 is 1.71 bits per heavy atom. The van der Waals surface area contributed by atoms with E-state index in [4.69, 9.17) is 9.47 Å². The fourth-order valence-electron chi connectivity index (χ4n) is 2.91. The number of hydrogen-bond acceptors (Lipinski definition) is 6. The number of carbonyl (C=O) groups excluding carboxylic acids is 3.